The standard InChI is InChI=1S/C16H23ClN2O2/c1-2-21-14-10-13(20)16(14)4-7-19(8-5-16)11-12-3-6-18-15(17)9-12/h3,6,9,13-14,20H,2,4-5,7-8,10-11H2,1H3. The normalized spacial score (nSPS) is 28.5. The molecule has 2 fully saturated rings. The fourth-order valence-corrected chi connectivity index (χ4v) is 3.94. The second kappa shape index (κ2) is 6.21. The molecule has 5 heteroatoms. The highest BCUT2D eigenvalue weighted by Crippen LogP contribution is 2.51. The molecular formula is C16H23ClN2O2. The molecule has 0 bridgehead atoms. The van der Waals surface area contributed by atoms with E-state index < -0.39 is 0 Å². The summed E-state index contributed by atoms with van der Waals surface area (Å²) in [7, 11) is 0. The van der Waals surface area contributed by atoms with Gasteiger partial charge in [-0.05, 0) is 50.6 Å². The van der Waals surface area contributed by atoms with Crippen LogP contribution in [0.5, 0.6) is 0 Å². The van der Waals surface area contributed by atoms with Gasteiger partial charge in [0.05, 0.1) is 12.2 Å². The van der Waals surface area contributed by atoms with Crippen LogP contribution in [-0.2, 0) is 11.3 Å². The summed E-state index contributed by atoms with van der Waals surface area (Å²) in [5.74, 6) is 0. The molecule has 2 aliphatic rings. The van der Waals surface area contributed by atoms with E-state index in [9.17, 15) is 5.11 Å². The molecule has 0 amide bonds. The van der Waals surface area contributed by atoms with Gasteiger partial charge in [-0.1, -0.05) is 11.6 Å². The lowest BCUT2D eigenvalue weighted by molar-refractivity contribution is -0.209. The first-order valence-corrected chi connectivity index (χ1v) is 8.14. The summed E-state index contributed by atoms with van der Waals surface area (Å²) in [6.45, 7) is 5.66. The molecule has 1 saturated heterocycles. The number of piperidine rings is 1. The Balaban J connectivity index is 1.57. The van der Waals surface area contributed by atoms with Crippen molar-refractivity contribution < 1.29 is 9.84 Å². The van der Waals surface area contributed by atoms with E-state index in [-0.39, 0.29) is 17.6 Å². The van der Waals surface area contributed by atoms with E-state index in [0.29, 0.717) is 5.15 Å². The molecule has 3 rings (SSSR count). The molecule has 0 aromatic carbocycles. The Morgan fingerprint density at radius 3 is 2.86 bits per heavy atom. The summed E-state index contributed by atoms with van der Waals surface area (Å²) in [6, 6.07) is 3.94. The molecule has 116 valence electrons. The van der Waals surface area contributed by atoms with Gasteiger partial charge in [-0.2, -0.15) is 0 Å². The van der Waals surface area contributed by atoms with Gasteiger partial charge in [-0.25, -0.2) is 4.98 Å². The molecule has 1 aliphatic heterocycles. The first-order valence-electron chi connectivity index (χ1n) is 7.76. The lowest BCUT2D eigenvalue weighted by atomic mass is 9.58. The molecule has 4 nitrogen and oxygen atoms in total. The number of aliphatic hydroxyl groups excluding tert-OH is 1. The quantitative estimate of drug-likeness (QED) is 0.868. The molecule has 2 heterocycles. The van der Waals surface area contributed by atoms with Crippen molar-refractivity contribution in [1.82, 2.24) is 9.88 Å². The minimum atomic E-state index is -0.188. The lowest BCUT2D eigenvalue weighted by Gasteiger charge is -2.56. The van der Waals surface area contributed by atoms with E-state index >= 15 is 0 Å². The largest absolute Gasteiger partial charge is 0.392 e. The number of halogens is 1. The Bertz CT molecular complexity index is 487. The molecule has 2 atom stereocenters. The average Bonchev–Trinajstić information content (AvgIpc) is 2.48. The zero-order valence-corrected chi connectivity index (χ0v) is 13.2. The predicted molar refractivity (Wildman–Crippen MR) is 82.2 cm³/mol. The van der Waals surface area contributed by atoms with Gasteiger partial charge in [0, 0.05) is 31.2 Å². The summed E-state index contributed by atoms with van der Waals surface area (Å²) in [5.41, 5.74) is 1.20. The van der Waals surface area contributed by atoms with Crippen LogP contribution in [0.25, 0.3) is 0 Å². The average molecular weight is 311 g/mol. The third-order valence-electron chi connectivity index (χ3n) is 5.09. The van der Waals surface area contributed by atoms with Crippen molar-refractivity contribution in [1.29, 1.82) is 0 Å². The van der Waals surface area contributed by atoms with Crippen LogP contribution in [0.3, 0.4) is 0 Å². The summed E-state index contributed by atoms with van der Waals surface area (Å²) in [4.78, 5) is 6.44. The maximum absolute atomic E-state index is 10.2. The monoisotopic (exact) mass is 310 g/mol. The molecule has 1 aromatic heterocycles. The smallest absolute Gasteiger partial charge is 0.129 e. The van der Waals surface area contributed by atoms with Crippen LogP contribution in [0.15, 0.2) is 18.3 Å². The second-order valence-electron chi connectivity index (χ2n) is 6.19. The van der Waals surface area contributed by atoms with Gasteiger partial charge in [0.25, 0.3) is 0 Å². The number of hydrogen-bond acceptors (Lipinski definition) is 4. The number of likely N-dealkylation sites (tertiary alicyclic amines) is 1. The Kier molecular flexibility index (Phi) is 4.50. The summed E-state index contributed by atoms with van der Waals surface area (Å²) < 4.78 is 5.81. The summed E-state index contributed by atoms with van der Waals surface area (Å²) >= 11 is 5.93. The molecule has 0 radical (unpaired) electrons. The highest BCUT2D eigenvalue weighted by Gasteiger charge is 2.55. The van der Waals surface area contributed by atoms with Gasteiger partial charge in [0.2, 0.25) is 0 Å². The maximum atomic E-state index is 10.2. The van der Waals surface area contributed by atoms with E-state index in [4.69, 9.17) is 16.3 Å². The molecular weight excluding hydrogens is 288 g/mol. The molecule has 1 saturated carbocycles. The van der Waals surface area contributed by atoms with Crippen LogP contribution in [-0.4, -0.2) is 46.9 Å². The topological polar surface area (TPSA) is 45.6 Å². The first-order chi connectivity index (χ1) is 10.1. The highest BCUT2D eigenvalue weighted by atomic mass is 35.5. The Morgan fingerprint density at radius 1 is 1.48 bits per heavy atom. The highest BCUT2D eigenvalue weighted by molar-refractivity contribution is 6.29. The van der Waals surface area contributed by atoms with Crippen LogP contribution >= 0.6 is 11.6 Å². The van der Waals surface area contributed by atoms with Crippen molar-refractivity contribution in [3.05, 3.63) is 29.0 Å². The number of ether oxygens (including phenoxy) is 1. The van der Waals surface area contributed by atoms with Crippen LogP contribution in [0.4, 0.5) is 0 Å². The molecule has 21 heavy (non-hydrogen) atoms. The predicted octanol–water partition coefficient (Wildman–Crippen LogP) is 2.49. The number of aliphatic hydroxyl groups is 1. The van der Waals surface area contributed by atoms with Crippen molar-refractivity contribution in [2.45, 2.75) is 44.9 Å². The number of nitrogens with zero attached hydrogens (tertiary/aromatic N) is 2. The van der Waals surface area contributed by atoms with Crippen LogP contribution in [0, 0.1) is 5.41 Å². The fourth-order valence-electron chi connectivity index (χ4n) is 3.74. The van der Waals surface area contributed by atoms with E-state index in [2.05, 4.69) is 9.88 Å². The van der Waals surface area contributed by atoms with Crippen LogP contribution in [0.1, 0.15) is 31.7 Å². The van der Waals surface area contributed by atoms with Crippen LogP contribution < -0.4 is 0 Å². The van der Waals surface area contributed by atoms with Gasteiger partial charge in [-0.3, -0.25) is 4.90 Å². The summed E-state index contributed by atoms with van der Waals surface area (Å²) in [6.07, 6.45) is 4.63. The summed E-state index contributed by atoms with van der Waals surface area (Å²) in [5, 5.41) is 10.8. The van der Waals surface area contributed by atoms with Gasteiger partial charge >= 0.3 is 0 Å². The van der Waals surface area contributed by atoms with E-state index in [1.165, 1.54) is 5.56 Å². The molecule has 1 aromatic rings. The zero-order chi connectivity index (χ0) is 14.9. The third-order valence-corrected chi connectivity index (χ3v) is 5.30. The van der Waals surface area contributed by atoms with Crippen molar-refractivity contribution in [2.75, 3.05) is 19.7 Å². The Morgan fingerprint density at radius 2 is 2.24 bits per heavy atom. The molecule has 2 unspecified atom stereocenters. The number of hydrogen-bond donors (Lipinski definition) is 1. The van der Waals surface area contributed by atoms with E-state index in [1.807, 2.05) is 19.1 Å². The maximum Gasteiger partial charge on any atom is 0.129 e. The van der Waals surface area contributed by atoms with Gasteiger partial charge in [-0.15, -0.1) is 0 Å². The van der Waals surface area contributed by atoms with Crippen molar-refractivity contribution in [2.24, 2.45) is 5.41 Å². The van der Waals surface area contributed by atoms with Crippen LogP contribution in [0.2, 0.25) is 5.15 Å². The number of pyridine rings is 1. The first kappa shape index (κ1) is 15.2. The Hall–Kier alpha value is -0.680. The number of aromatic nitrogens is 1. The molecule has 1 aliphatic carbocycles. The SMILES string of the molecule is CCOC1CC(O)C12CCN(Cc1ccnc(Cl)c1)CC2. The van der Waals surface area contributed by atoms with Gasteiger partial charge < -0.3 is 9.84 Å². The Labute approximate surface area is 131 Å². The minimum Gasteiger partial charge on any atom is -0.392 e. The number of rotatable bonds is 4. The molecule has 1 N–H and O–H groups in total. The molecule has 1 spiro atoms. The second-order valence-corrected chi connectivity index (χ2v) is 6.58. The minimum absolute atomic E-state index is 0.00238. The lowest BCUT2D eigenvalue weighted by Crippen LogP contribution is -2.62. The van der Waals surface area contributed by atoms with Crippen molar-refractivity contribution >= 4 is 11.6 Å². The van der Waals surface area contributed by atoms with E-state index in [1.54, 1.807) is 6.20 Å². The van der Waals surface area contributed by atoms with Gasteiger partial charge in [0.1, 0.15) is 5.15 Å². The fraction of sp³-hybridized carbons (Fsp3) is 0.688. The van der Waals surface area contributed by atoms with E-state index in [0.717, 1.165) is 45.5 Å². The third kappa shape index (κ3) is 2.95. The van der Waals surface area contributed by atoms with Crippen molar-refractivity contribution in [3.8, 4) is 0 Å². The van der Waals surface area contributed by atoms with Crippen molar-refractivity contribution in [3.63, 3.8) is 0 Å². The zero-order valence-electron chi connectivity index (χ0n) is 12.5. The van der Waals surface area contributed by atoms with Gasteiger partial charge in [0.15, 0.2) is 0 Å².